The number of aromatic nitrogens is 3. The summed E-state index contributed by atoms with van der Waals surface area (Å²) in [5, 5.41) is 6.96. The molecule has 1 fully saturated rings. The summed E-state index contributed by atoms with van der Waals surface area (Å²) in [5.41, 5.74) is -0.202. The number of aromatic amines is 1. The van der Waals surface area contributed by atoms with E-state index in [0.29, 0.717) is 24.8 Å². The molecule has 2 aromatic rings. The van der Waals surface area contributed by atoms with Crippen molar-refractivity contribution in [2.24, 2.45) is 0 Å². The van der Waals surface area contributed by atoms with Gasteiger partial charge in [-0.1, -0.05) is 6.07 Å². The molecule has 8 heteroatoms. The quantitative estimate of drug-likeness (QED) is 0.899. The van der Waals surface area contributed by atoms with Crippen LogP contribution in [0.1, 0.15) is 42.5 Å². The number of likely N-dealkylation sites (tertiary alicyclic amines) is 1. The molecule has 134 valence electrons. The standard InChI is InChI=1S/C17H20F2N4O2/c1-25-10-15-20-17(22-21-15)14-7-2-3-8-23(14)16(24)9-11-12(18)5-4-6-13(11)19/h4-6,14H,2-3,7-10H2,1H3,(H,20,21,22)/t14-/m0/s1. The normalized spacial score (nSPS) is 17.7. The zero-order chi connectivity index (χ0) is 17.8. The van der Waals surface area contributed by atoms with Crippen LogP contribution in [-0.2, 0) is 22.6 Å². The fourth-order valence-corrected chi connectivity index (χ4v) is 3.11. The highest BCUT2D eigenvalue weighted by Crippen LogP contribution is 2.30. The second-order valence-corrected chi connectivity index (χ2v) is 6.05. The van der Waals surface area contributed by atoms with E-state index in [-0.39, 0.29) is 23.9 Å². The van der Waals surface area contributed by atoms with Crippen molar-refractivity contribution < 1.29 is 18.3 Å². The number of piperidine rings is 1. The van der Waals surface area contributed by atoms with Gasteiger partial charge in [0.1, 0.15) is 18.2 Å². The number of hydrogen-bond acceptors (Lipinski definition) is 4. The molecule has 1 amide bonds. The number of nitrogens with one attached hydrogen (secondary N) is 1. The van der Waals surface area contributed by atoms with E-state index in [2.05, 4.69) is 15.2 Å². The Balaban J connectivity index is 1.79. The summed E-state index contributed by atoms with van der Waals surface area (Å²) < 4.78 is 32.7. The molecule has 0 spiro atoms. The minimum Gasteiger partial charge on any atom is -0.377 e. The third kappa shape index (κ3) is 3.84. The summed E-state index contributed by atoms with van der Waals surface area (Å²) in [6, 6.07) is 3.31. The Kier molecular flexibility index (Phi) is 5.37. The number of ether oxygens (including phenoxy) is 1. The van der Waals surface area contributed by atoms with Crippen LogP contribution in [0.3, 0.4) is 0 Å². The first-order chi connectivity index (χ1) is 12.1. The van der Waals surface area contributed by atoms with Crippen LogP contribution in [0, 0.1) is 11.6 Å². The van der Waals surface area contributed by atoms with Gasteiger partial charge in [0.2, 0.25) is 5.91 Å². The Hall–Kier alpha value is -2.35. The van der Waals surface area contributed by atoms with E-state index in [0.717, 1.165) is 31.4 Å². The fraction of sp³-hybridized carbons (Fsp3) is 0.471. The SMILES string of the molecule is COCc1nc([C@@H]2CCCCN2C(=O)Cc2c(F)cccc2F)n[nH]1. The number of halogens is 2. The van der Waals surface area contributed by atoms with Crippen molar-refractivity contribution in [3.63, 3.8) is 0 Å². The number of carbonyl (C=O) groups is 1. The predicted octanol–water partition coefficient (Wildman–Crippen LogP) is 2.53. The zero-order valence-corrected chi connectivity index (χ0v) is 14.0. The maximum atomic E-state index is 13.8. The summed E-state index contributed by atoms with van der Waals surface area (Å²) in [7, 11) is 1.56. The number of hydrogen-bond donors (Lipinski definition) is 1. The van der Waals surface area contributed by atoms with Crippen LogP contribution in [0.4, 0.5) is 8.78 Å². The van der Waals surface area contributed by atoms with Gasteiger partial charge >= 0.3 is 0 Å². The third-order valence-corrected chi connectivity index (χ3v) is 4.34. The van der Waals surface area contributed by atoms with Gasteiger partial charge in [-0.25, -0.2) is 13.8 Å². The summed E-state index contributed by atoms with van der Waals surface area (Å²) in [6.07, 6.45) is 2.19. The molecule has 0 saturated carbocycles. The maximum Gasteiger partial charge on any atom is 0.227 e. The molecule has 0 radical (unpaired) electrons. The molecule has 1 aliphatic rings. The minimum absolute atomic E-state index is 0.202. The zero-order valence-electron chi connectivity index (χ0n) is 14.0. The second kappa shape index (κ2) is 7.69. The highest BCUT2D eigenvalue weighted by atomic mass is 19.1. The Bertz CT molecular complexity index is 730. The van der Waals surface area contributed by atoms with Gasteiger partial charge in [0.05, 0.1) is 12.5 Å². The molecule has 0 unspecified atom stereocenters. The van der Waals surface area contributed by atoms with Gasteiger partial charge in [-0.05, 0) is 31.4 Å². The van der Waals surface area contributed by atoms with E-state index in [1.165, 1.54) is 6.07 Å². The van der Waals surface area contributed by atoms with Crippen molar-refractivity contribution in [3.05, 3.63) is 47.0 Å². The first-order valence-electron chi connectivity index (χ1n) is 8.22. The summed E-state index contributed by atoms with van der Waals surface area (Å²) >= 11 is 0. The molecule has 0 aliphatic carbocycles. The van der Waals surface area contributed by atoms with Crippen LogP contribution in [0.2, 0.25) is 0 Å². The summed E-state index contributed by atoms with van der Waals surface area (Å²) in [5.74, 6) is -0.652. The average molecular weight is 350 g/mol. The van der Waals surface area contributed by atoms with Gasteiger partial charge in [-0.2, -0.15) is 5.10 Å². The topological polar surface area (TPSA) is 71.1 Å². The molecular formula is C17H20F2N4O2. The van der Waals surface area contributed by atoms with Crippen molar-refractivity contribution in [1.82, 2.24) is 20.1 Å². The molecule has 0 bridgehead atoms. The average Bonchev–Trinajstić information content (AvgIpc) is 3.07. The van der Waals surface area contributed by atoms with Gasteiger partial charge in [0.15, 0.2) is 11.6 Å². The lowest BCUT2D eigenvalue weighted by atomic mass is 10.00. The molecule has 6 nitrogen and oxygen atoms in total. The van der Waals surface area contributed by atoms with Crippen LogP contribution < -0.4 is 0 Å². The van der Waals surface area contributed by atoms with Crippen LogP contribution >= 0.6 is 0 Å². The van der Waals surface area contributed by atoms with Crippen LogP contribution in [-0.4, -0.2) is 39.6 Å². The minimum atomic E-state index is -0.706. The molecule has 3 rings (SSSR count). The molecule has 1 saturated heterocycles. The van der Waals surface area contributed by atoms with Gasteiger partial charge in [-0.3, -0.25) is 9.89 Å². The molecule has 2 heterocycles. The number of benzene rings is 1. The molecule has 1 aromatic carbocycles. The number of H-pyrrole nitrogens is 1. The lowest BCUT2D eigenvalue weighted by Crippen LogP contribution is -2.40. The Morgan fingerprint density at radius 1 is 1.36 bits per heavy atom. The van der Waals surface area contributed by atoms with E-state index in [9.17, 15) is 13.6 Å². The van der Waals surface area contributed by atoms with E-state index >= 15 is 0 Å². The Morgan fingerprint density at radius 3 is 2.84 bits per heavy atom. The Labute approximate surface area is 144 Å². The summed E-state index contributed by atoms with van der Waals surface area (Å²) in [4.78, 5) is 18.7. The number of methoxy groups -OCH3 is 1. The highest BCUT2D eigenvalue weighted by molar-refractivity contribution is 5.79. The van der Waals surface area contributed by atoms with Crippen molar-refractivity contribution >= 4 is 5.91 Å². The van der Waals surface area contributed by atoms with Crippen LogP contribution in [0.5, 0.6) is 0 Å². The van der Waals surface area contributed by atoms with Gasteiger partial charge in [-0.15, -0.1) is 0 Å². The number of rotatable bonds is 5. The molecule has 1 aliphatic heterocycles. The first kappa shape index (κ1) is 17.5. The monoisotopic (exact) mass is 350 g/mol. The van der Waals surface area contributed by atoms with Crippen molar-refractivity contribution in [2.75, 3.05) is 13.7 Å². The second-order valence-electron chi connectivity index (χ2n) is 6.05. The van der Waals surface area contributed by atoms with E-state index in [4.69, 9.17) is 4.74 Å². The summed E-state index contributed by atoms with van der Waals surface area (Å²) in [6.45, 7) is 0.821. The van der Waals surface area contributed by atoms with E-state index in [1.54, 1.807) is 12.0 Å². The number of nitrogens with zero attached hydrogens (tertiary/aromatic N) is 3. The maximum absolute atomic E-state index is 13.8. The van der Waals surface area contributed by atoms with Gasteiger partial charge in [0.25, 0.3) is 0 Å². The fourth-order valence-electron chi connectivity index (χ4n) is 3.11. The molecule has 1 N–H and O–H groups in total. The largest absolute Gasteiger partial charge is 0.377 e. The molecule has 1 aromatic heterocycles. The van der Waals surface area contributed by atoms with Crippen molar-refractivity contribution in [1.29, 1.82) is 0 Å². The lowest BCUT2D eigenvalue weighted by Gasteiger charge is -2.34. The van der Waals surface area contributed by atoms with Gasteiger partial charge in [0, 0.05) is 19.2 Å². The lowest BCUT2D eigenvalue weighted by molar-refractivity contribution is -0.134. The van der Waals surface area contributed by atoms with Crippen molar-refractivity contribution in [3.8, 4) is 0 Å². The third-order valence-electron chi connectivity index (χ3n) is 4.34. The van der Waals surface area contributed by atoms with Gasteiger partial charge < -0.3 is 9.64 Å². The Morgan fingerprint density at radius 2 is 2.12 bits per heavy atom. The van der Waals surface area contributed by atoms with E-state index in [1.807, 2.05) is 0 Å². The van der Waals surface area contributed by atoms with Crippen molar-refractivity contribution in [2.45, 2.75) is 38.3 Å². The van der Waals surface area contributed by atoms with Crippen LogP contribution in [0.15, 0.2) is 18.2 Å². The molecular weight excluding hydrogens is 330 g/mol. The van der Waals surface area contributed by atoms with E-state index < -0.39 is 11.6 Å². The first-order valence-corrected chi connectivity index (χ1v) is 8.22. The molecule has 25 heavy (non-hydrogen) atoms. The predicted molar refractivity (Wildman–Crippen MR) is 85.5 cm³/mol. The smallest absolute Gasteiger partial charge is 0.227 e. The number of carbonyl (C=O) groups excluding carboxylic acids is 1. The highest BCUT2D eigenvalue weighted by Gasteiger charge is 2.31. The number of amides is 1. The van der Waals surface area contributed by atoms with Crippen LogP contribution in [0.25, 0.3) is 0 Å². The molecule has 1 atom stereocenters.